The van der Waals surface area contributed by atoms with Gasteiger partial charge >= 0.3 is 0 Å². The van der Waals surface area contributed by atoms with Gasteiger partial charge in [0.05, 0.1) is 28.4 Å². The van der Waals surface area contributed by atoms with Gasteiger partial charge in [0.25, 0.3) is 0 Å². The van der Waals surface area contributed by atoms with E-state index in [9.17, 15) is 4.79 Å². The van der Waals surface area contributed by atoms with Crippen LogP contribution in [0.3, 0.4) is 0 Å². The van der Waals surface area contributed by atoms with Gasteiger partial charge in [-0.2, -0.15) is 0 Å². The molecule has 0 aliphatic heterocycles. The molecule has 0 saturated carbocycles. The van der Waals surface area contributed by atoms with E-state index in [2.05, 4.69) is 0 Å². The summed E-state index contributed by atoms with van der Waals surface area (Å²) in [6.07, 6.45) is 1.01. The van der Waals surface area contributed by atoms with Crippen molar-refractivity contribution in [1.29, 1.82) is 0 Å². The number of ether oxygens (including phenoxy) is 4. The molecule has 0 saturated heterocycles. The maximum atomic E-state index is 11.2. The molecule has 5 nitrogen and oxygen atoms in total. The Morgan fingerprint density at radius 1 is 0.850 bits per heavy atom. The van der Waals surface area contributed by atoms with Crippen LogP contribution in [0.25, 0.3) is 0 Å². The number of hydrogen-bond acceptors (Lipinski definition) is 5. The van der Waals surface area contributed by atoms with Crippen molar-refractivity contribution in [3.05, 3.63) is 11.1 Å². The fraction of sp³-hybridized carbons (Fsp3) is 0.533. The van der Waals surface area contributed by atoms with E-state index < -0.39 is 0 Å². The Morgan fingerprint density at radius 2 is 1.30 bits per heavy atom. The average molecular weight is 282 g/mol. The van der Waals surface area contributed by atoms with E-state index in [4.69, 9.17) is 18.9 Å². The fourth-order valence-electron chi connectivity index (χ4n) is 2.26. The molecular formula is C15H22O5. The van der Waals surface area contributed by atoms with Gasteiger partial charge in [-0.05, 0) is 20.3 Å². The zero-order valence-corrected chi connectivity index (χ0v) is 13.0. The molecule has 0 aliphatic carbocycles. The first-order valence-corrected chi connectivity index (χ1v) is 6.36. The molecule has 1 aromatic rings. The Hall–Kier alpha value is -1.91. The average Bonchev–Trinajstić information content (AvgIpc) is 2.43. The first-order valence-electron chi connectivity index (χ1n) is 6.36. The maximum absolute atomic E-state index is 11.2. The maximum Gasteiger partial charge on any atom is 0.207 e. The smallest absolute Gasteiger partial charge is 0.207 e. The predicted octanol–water partition coefficient (Wildman–Crippen LogP) is 2.55. The van der Waals surface area contributed by atoms with E-state index in [1.165, 1.54) is 0 Å². The Morgan fingerprint density at radius 3 is 1.70 bits per heavy atom. The van der Waals surface area contributed by atoms with E-state index in [0.29, 0.717) is 35.8 Å². The predicted molar refractivity (Wildman–Crippen MR) is 76.4 cm³/mol. The van der Waals surface area contributed by atoms with Gasteiger partial charge < -0.3 is 23.7 Å². The van der Waals surface area contributed by atoms with Crippen LogP contribution in [0.15, 0.2) is 0 Å². The van der Waals surface area contributed by atoms with Crippen molar-refractivity contribution in [3.63, 3.8) is 0 Å². The van der Waals surface area contributed by atoms with Crippen LogP contribution in [0.2, 0.25) is 0 Å². The highest BCUT2D eigenvalue weighted by atomic mass is 16.5. The van der Waals surface area contributed by atoms with Crippen molar-refractivity contribution < 1.29 is 23.7 Å². The molecule has 0 fully saturated rings. The van der Waals surface area contributed by atoms with Gasteiger partial charge in [0.2, 0.25) is 11.5 Å². The molecule has 0 heterocycles. The molecule has 0 aromatic heterocycles. The van der Waals surface area contributed by atoms with Crippen LogP contribution in [0, 0.1) is 6.92 Å². The Balaban J connectivity index is 3.51. The second-order valence-electron chi connectivity index (χ2n) is 4.44. The molecule has 0 atom stereocenters. The Bertz CT molecular complexity index is 494. The standard InChI is InChI=1S/C15H22O5/c1-9(16)7-8-11-10(2)12(17-3)14(19-5)15(20-6)13(11)18-4/h7-8H2,1-6H3. The lowest BCUT2D eigenvalue weighted by atomic mass is 9.99. The summed E-state index contributed by atoms with van der Waals surface area (Å²) in [7, 11) is 6.24. The lowest BCUT2D eigenvalue weighted by molar-refractivity contribution is -0.116. The zero-order valence-electron chi connectivity index (χ0n) is 13.0. The molecule has 1 rings (SSSR count). The lowest BCUT2D eigenvalue weighted by Gasteiger charge is -2.21. The van der Waals surface area contributed by atoms with E-state index in [1.54, 1.807) is 35.4 Å². The van der Waals surface area contributed by atoms with Gasteiger partial charge in [-0.1, -0.05) is 0 Å². The number of ketones is 1. The topological polar surface area (TPSA) is 54.0 Å². The van der Waals surface area contributed by atoms with E-state index in [1.807, 2.05) is 6.92 Å². The third-order valence-electron chi connectivity index (χ3n) is 3.23. The van der Waals surface area contributed by atoms with E-state index in [-0.39, 0.29) is 5.78 Å². The van der Waals surface area contributed by atoms with Crippen LogP contribution in [-0.2, 0) is 11.2 Å². The fourth-order valence-corrected chi connectivity index (χ4v) is 2.26. The molecule has 0 unspecified atom stereocenters. The number of methoxy groups -OCH3 is 4. The van der Waals surface area contributed by atoms with Gasteiger partial charge in [0, 0.05) is 17.5 Å². The first kappa shape index (κ1) is 16.1. The summed E-state index contributed by atoms with van der Waals surface area (Å²) >= 11 is 0. The largest absolute Gasteiger partial charge is 0.492 e. The number of carbonyl (C=O) groups excluding carboxylic acids is 1. The molecule has 0 N–H and O–H groups in total. The van der Waals surface area contributed by atoms with Crippen molar-refractivity contribution in [2.75, 3.05) is 28.4 Å². The third kappa shape index (κ3) is 2.98. The summed E-state index contributed by atoms with van der Waals surface area (Å²) in [5.41, 5.74) is 1.79. The normalized spacial score (nSPS) is 10.1. The monoisotopic (exact) mass is 282 g/mol. The minimum atomic E-state index is 0.125. The molecular weight excluding hydrogens is 260 g/mol. The highest BCUT2D eigenvalue weighted by molar-refractivity contribution is 5.76. The van der Waals surface area contributed by atoms with E-state index >= 15 is 0 Å². The van der Waals surface area contributed by atoms with Crippen LogP contribution in [0.1, 0.15) is 24.5 Å². The third-order valence-corrected chi connectivity index (χ3v) is 3.23. The van der Waals surface area contributed by atoms with Crippen molar-refractivity contribution in [3.8, 4) is 23.0 Å². The summed E-state index contributed by atoms with van der Waals surface area (Å²) in [6, 6.07) is 0. The van der Waals surface area contributed by atoms with Gasteiger partial charge in [-0.15, -0.1) is 0 Å². The van der Waals surface area contributed by atoms with Crippen LogP contribution >= 0.6 is 0 Å². The molecule has 0 spiro atoms. The highest BCUT2D eigenvalue weighted by Gasteiger charge is 2.25. The highest BCUT2D eigenvalue weighted by Crippen LogP contribution is 2.49. The molecule has 5 heteroatoms. The number of hydrogen-bond donors (Lipinski definition) is 0. The van der Waals surface area contributed by atoms with Crippen molar-refractivity contribution >= 4 is 5.78 Å². The molecule has 1 aromatic carbocycles. The number of Topliss-reactive ketones (excluding diaryl/α,β-unsaturated/α-hetero) is 1. The molecule has 0 amide bonds. The van der Waals surface area contributed by atoms with E-state index in [0.717, 1.165) is 11.1 Å². The number of rotatable bonds is 7. The molecule has 0 aliphatic rings. The van der Waals surface area contributed by atoms with Gasteiger partial charge in [-0.25, -0.2) is 0 Å². The minimum absolute atomic E-state index is 0.125. The molecule has 0 bridgehead atoms. The molecule has 0 radical (unpaired) electrons. The van der Waals surface area contributed by atoms with Gasteiger partial charge in [0.1, 0.15) is 5.78 Å². The lowest BCUT2D eigenvalue weighted by Crippen LogP contribution is -2.06. The minimum Gasteiger partial charge on any atom is -0.492 e. The molecule has 112 valence electrons. The van der Waals surface area contributed by atoms with Crippen LogP contribution in [0.4, 0.5) is 0 Å². The SMILES string of the molecule is COc1c(C)c(CCC(C)=O)c(OC)c(OC)c1OC. The summed E-state index contributed by atoms with van der Waals surface area (Å²) in [5, 5.41) is 0. The van der Waals surface area contributed by atoms with Crippen molar-refractivity contribution in [2.45, 2.75) is 26.7 Å². The van der Waals surface area contributed by atoms with Gasteiger partial charge in [-0.3, -0.25) is 0 Å². The zero-order chi connectivity index (χ0) is 15.3. The summed E-state index contributed by atoms with van der Waals surface area (Å²) in [6.45, 7) is 3.48. The van der Waals surface area contributed by atoms with Gasteiger partial charge in [0.15, 0.2) is 11.5 Å². The van der Waals surface area contributed by atoms with Crippen LogP contribution in [-0.4, -0.2) is 34.2 Å². The number of benzene rings is 1. The number of carbonyl (C=O) groups is 1. The second-order valence-corrected chi connectivity index (χ2v) is 4.44. The first-order chi connectivity index (χ1) is 9.51. The van der Waals surface area contributed by atoms with Crippen LogP contribution < -0.4 is 18.9 Å². The van der Waals surface area contributed by atoms with Crippen molar-refractivity contribution in [1.82, 2.24) is 0 Å². The quantitative estimate of drug-likeness (QED) is 0.769. The summed E-state index contributed by atoms with van der Waals surface area (Å²) in [5.74, 6) is 2.29. The summed E-state index contributed by atoms with van der Waals surface area (Å²) in [4.78, 5) is 11.2. The van der Waals surface area contributed by atoms with Crippen molar-refractivity contribution in [2.24, 2.45) is 0 Å². The molecule has 20 heavy (non-hydrogen) atoms. The van der Waals surface area contributed by atoms with Crippen LogP contribution in [0.5, 0.6) is 23.0 Å². The summed E-state index contributed by atoms with van der Waals surface area (Å²) < 4.78 is 21.6. The Kier molecular flexibility index (Phi) is 5.67. The Labute approximate surface area is 119 Å². The second kappa shape index (κ2) is 7.03.